The molecule has 0 heterocycles. The van der Waals surface area contributed by atoms with Crippen LogP contribution in [0.5, 0.6) is 0 Å². The lowest BCUT2D eigenvalue weighted by atomic mass is 9.95. The number of aliphatic hydroxyl groups is 1. The summed E-state index contributed by atoms with van der Waals surface area (Å²) in [6.45, 7) is 12.5. The molecule has 0 atom stereocenters. The van der Waals surface area contributed by atoms with Crippen molar-refractivity contribution >= 4 is 23.8 Å². The van der Waals surface area contributed by atoms with Crippen molar-refractivity contribution in [3.05, 3.63) is 71.2 Å². The van der Waals surface area contributed by atoms with Crippen LogP contribution in [0.2, 0.25) is 0 Å². The Hall–Kier alpha value is -2.12. The van der Waals surface area contributed by atoms with E-state index in [4.69, 9.17) is 5.11 Å². The molecule has 1 rings (SSSR count). The van der Waals surface area contributed by atoms with Crippen LogP contribution in [0, 0.1) is 0 Å². The number of benzene rings is 1. The molecular weight excluding hydrogens is 280 g/mol. The van der Waals surface area contributed by atoms with Gasteiger partial charge in [0.15, 0.2) is 0 Å². The maximum atomic E-state index is 8.99. The van der Waals surface area contributed by atoms with E-state index in [1.807, 2.05) is 18.2 Å². The fourth-order valence-electron chi connectivity index (χ4n) is 2.47. The van der Waals surface area contributed by atoms with Gasteiger partial charge in [0.1, 0.15) is 0 Å². The van der Waals surface area contributed by atoms with Crippen molar-refractivity contribution in [1.82, 2.24) is 0 Å². The van der Waals surface area contributed by atoms with Crippen molar-refractivity contribution < 1.29 is 5.11 Å². The summed E-state index contributed by atoms with van der Waals surface area (Å²) in [5.74, 6) is 0. The molecule has 0 amide bonds. The molecule has 1 nitrogen and oxygen atoms in total. The van der Waals surface area contributed by atoms with Crippen molar-refractivity contribution in [2.24, 2.45) is 0 Å². The largest absolute Gasteiger partial charge is 0.396 e. The molecular formula is C22H28O. The second-order valence-electron chi connectivity index (χ2n) is 5.30. The van der Waals surface area contributed by atoms with E-state index in [0.29, 0.717) is 6.42 Å². The number of hydrogen-bond donors (Lipinski definition) is 1. The third-order valence-corrected chi connectivity index (χ3v) is 3.49. The highest BCUT2D eigenvalue weighted by Gasteiger charge is 2.05. The van der Waals surface area contributed by atoms with Gasteiger partial charge in [-0.05, 0) is 46.4 Å². The molecule has 0 bridgehead atoms. The Morgan fingerprint density at radius 3 is 2.57 bits per heavy atom. The molecule has 0 saturated carbocycles. The second kappa shape index (κ2) is 10.6. The van der Waals surface area contributed by atoms with Gasteiger partial charge in [0.2, 0.25) is 0 Å². The molecule has 122 valence electrons. The van der Waals surface area contributed by atoms with Gasteiger partial charge in [0.05, 0.1) is 0 Å². The van der Waals surface area contributed by atoms with Gasteiger partial charge in [-0.25, -0.2) is 0 Å². The first-order chi connectivity index (χ1) is 11.2. The first-order valence-electron chi connectivity index (χ1n) is 8.28. The Labute approximate surface area is 140 Å². The highest BCUT2D eigenvalue weighted by molar-refractivity contribution is 5.79. The van der Waals surface area contributed by atoms with Crippen molar-refractivity contribution in [2.45, 2.75) is 33.1 Å². The van der Waals surface area contributed by atoms with Gasteiger partial charge < -0.3 is 5.11 Å². The zero-order valence-electron chi connectivity index (χ0n) is 14.4. The second-order valence-corrected chi connectivity index (χ2v) is 5.30. The normalized spacial score (nSPS) is 13.3. The third kappa shape index (κ3) is 5.54. The average molecular weight is 308 g/mol. The first kappa shape index (κ1) is 18.9. The van der Waals surface area contributed by atoms with E-state index in [2.05, 4.69) is 63.4 Å². The van der Waals surface area contributed by atoms with Crippen LogP contribution >= 0.6 is 0 Å². The van der Waals surface area contributed by atoms with E-state index in [1.54, 1.807) is 0 Å². The standard InChI is InChI=1S/C22H28O/c1-5-8-13-18(4)22-20(14-9-10-17-23)16-15-19(11-6-2)21(22)12-7-3/h6,8-9,11-16,23H,2,4-5,7,10,17H2,1,3H3/b13-8-,14-9-,19-11-,21-12+. The summed E-state index contributed by atoms with van der Waals surface area (Å²) in [6, 6.07) is 4.22. The Morgan fingerprint density at radius 2 is 1.96 bits per heavy atom. The van der Waals surface area contributed by atoms with Crippen LogP contribution in [-0.4, -0.2) is 11.7 Å². The molecule has 0 radical (unpaired) electrons. The zero-order valence-corrected chi connectivity index (χ0v) is 14.4. The Bertz CT molecular complexity index is 702. The van der Waals surface area contributed by atoms with E-state index in [0.717, 1.165) is 34.8 Å². The Kier molecular flexibility index (Phi) is 8.71. The van der Waals surface area contributed by atoms with Gasteiger partial charge in [0, 0.05) is 6.61 Å². The lowest BCUT2D eigenvalue weighted by Crippen LogP contribution is -2.28. The lowest BCUT2D eigenvalue weighted by Gasteiger charge is -2.09. The van der Waals surface area contributed by atoms with Crippen molar-refractivity contribution in [1.29, 1.82) is 0 Å². The molecule has 0 saturated heterocycles. The summed E-state index contributed by atoms with van der Waals surface area (Å²) in [5, 5.41) is 11.3. The van der Waals surface area contributed by atoms with E-state index >= 15 is 0 Å². The molecule has 0 spiro atoms. The Balaban J connectivity index is 3.66. The summed E-state index contributed by atoms with van der Waals surface area (Å²) in [5.41, 5.74) is 3.29. The van der Waals surface area contributed by atoms with Crippen molar-refractivity contribution in [3.8, 4) is 0 Å². The summed E-state index contributed by atoms with van der Waals surface area (Å²) < 4.78 is 0. The van der Waals surface area contributed by atoms with Gasteiger partial charge in [-0.1, -0.05) is 81.7 Å². The van der Waals surface area contributed by atoms with Crippen LogP contribution in [0.3, 0.4) is 0 Å². The van der Waals surface area contributed by atoms with Gasteiger partial charge in [0.25, 0.3) is 0 Å². The maximum Gasteiger partial charge on any atom is 0.0465 e. The van der Waals surface area contributed by atoms with Crippen molar-refractivity contribution in [3.63, 3.8) is 0 Å². The number of rotatable bonds is 8. The fourth-order valence-corrected chi connectivity index (χ4v) is 2.47. The highest BCUT2D eigenvalue weighted by Crippen LogP contribution is 2.16. The smallest absolute Gasteiger partial charge is 0.0465 e. The molecule has 1 aromatic rings. The topological polar surface area (TPSA) is 20.2 Å². The average Bonchev–Trinajstić information content (AvgIpc) is 2.55. The first-order valence-corrected chi connectivity index (χ1v) is 8.28. The van der Waals surface area contributed by atoms with Crippen LogP contribution < -0.4 is 10.4 Å². The van der Waals surface area contributed by atoms with Crippen LogP contribution in [0.1, 0.15) is 44.2 Å². The van der Waals surface area contributed by atoms with Crippen molar-refractivity contribution in [2.75, 3.05) is 6.61 Å². The zero-order chi connectivity index (χ0) is 17.1. The van der Waals surface area contributed by atoms with Crippen LogP contribution in [-0.2, 0) is 0 Å². The van der Waals surface area contributed by atoms with Crippen LogP contribution in [0.15, 0.2) is 49.6 Å². The number of aliphatic hydroxyl groups excluding tert-OH is 1. The predicted molar refractivity (Wildman–Crippen MR) is 104 cm³/mol. The molecule has 1 aromatic carbocycles. The summed E-state index contributed by atoms with van der Waals surface area (Å²) in [4.78, 5) is 0. The third-order valence-electron chi connectivity index (χ3n) is 3.49. The molecule has 0 aromatic heterocycles. The fraction of sp³-hybridized carbons (Fsp3) is 0.273. The van der Waals surface area contributed by atoms with E-state index in [1.165, 1.54) is 5.22 Å². The monoisotopic (exact) mass is 308 g/mol. The number of hydrogen-bond acceptors (Lipinski definition) is 1. The summed E-state index contributed by atoms with van der Waals surface area (Å²) in [6.07, 6.45) is 17.0. The van der Waals surface area contributed by atoms with Gasteiger partial charge in [-0.2, -0.15) is 0 Å². The number of allylic oxidation sites excluding steroid dienone is 4. The summed E-state index contributed by atoms with van der Waals surface area (Å²) in [7, 11) is 0. The van der Waals surface area contributed by atoms with Gasteiger partial charge >= 0.3 is 0 Å². The molecule has 0 aliphatic heterocycles. The molecule has 23 heavy (non-hydrogen) atoms. The minimum absolute atomic E-state index is 0.165. The minimum atomic E-state index is 0.165. The van der Waals surface area contributed by atoms with Gasteiger partial charge in [-0.15, -0.1) is 0 Å². The molecule has 0 fully saturated rings. The molecule has 0 unspecified atom stereocenters. The lowest BCUT2D eigenvalue weighted by molar-refractivity contribution is 0.303. The maximum absolute atomic E-state index is 8.99. The Morgan fingerprint density at radius 1 is 1.17 bits per heavy atom. The minimum Gasteiger partial charge on any atom is -0.396 e. The van der Waals surface area contributed by atoms with E-state index in [-0.39, 0.29) is 6.61 Å². The van der Waals surface area contributed by atoms with E-state index < -0.39 is 0 Å². The molecule has 0 aliphatic carbocycles. The molecule has 1 heteroatoms. The quantitative estimate of drug-likeness (QED) is 0.713. The summed E-state index contributed by atoms with van der Waals surface area (Å²) >= 11 is 0. The predicted octanol–water partition coefficient (Wildman–Crippen LogP) is 4.22. The van der Waals surface area contributed by atoms with Crippen LogP contribution in [0.25, 0.3) is 23.8 Å². The van der Waals surface area contributed by atoms with Crippen LogP contribution in [0.4, 0.5) is 0 Å². The highest BCUT2D eigenvalue weighted by atomic mass is 16.2. The van der Waals surface area contributed by atoms with E-state index in [9.17, 15) is 0 Å². The molecule has 1 N–H and O–H groups in total. The van der Waals surface area contributed by atoms with Gasteiger partial charge in [-0.3, -0.25) is 0 Å². The SMILES string of the molecule is C=C/C=c1/ccc(/C=C\CCO)c(C(=C)/C=C\CC)/c1=C/CC. The molecule has 0 aliphatic rings.